The average Bonchev–Trinajstić information content (AvgIpc) is 2.55. The van der Waals surface area contributed by atoms with Crippen LogP contribution in [0.15, 0.2) is 29.2 Å². The fourth-order valence-corrected chi connectivity index (χ4v) is 3.77. The Morgan fingerprint density at radius 3 is 2.86 bits per heavy atom. The van der Waals surface area contributed by atoms with Gasteiger partial charge >= 0.3 is 5.97 Å². The fourth-order valence-electron chi connectivity index (χ4n) is 2.63. The molecule has 22 heavy (non-hydrogen) atoms. The van der Waals surface area contributed by atoms with Crippen molar-refractivity contribution in [2.24, 2.45) is 5.92 Å². The molecule has 1 heterocycles. The molecule has 0 bridgehead atoms. The average molecular weight is 321 g/mol. The molecule has 1 atom stereocenters. The maximum atomic E-state index is 12.7. The third-order valence-electron chi connectivity index (χ3n) is 3.93. The van der Waals surface area contributed by atoms with Crippen molar-refractivity contribution in [2.45, 2.75) is 37.5 Å². The number of carbonyl (C=O) groups is 2. The minimum absolute atomic E-state index is 0.0365. The van der Waals surface area contributed by atoms with E-state index in [0.717, 1.165) is 29.9 Å². The Morgan fingerprint density at radius 2 is 2.14 bits per heavy atom. The van der Waals surface area contributed by atoms with E-state index in [4.69, 9.17) is 5.11 Å². The van der Waals surface area contributed by atoms with E-state index in [1.807, 2.05) is 24.3 Å². The first-order valence-electron chi connectivity index (χ1n) is 7.87. The van der Waals surface area contributed by atoms with Crippen molar-refractivity contribution >= 4 is 23.6 Å². The summed E-state index contributed by atoms with van der Waals surface area (Å²) in [5.41, 5.74) is 0.703. The highest BCUT2D eigenvalue weighted by Gasteiger charge is 2.29. The Labute approximate surface area is 135 Å². The predicted octanol–water partition coefficient (Wildman–Crippen LogP) is 3.52. The number of nitrogens with zero attached hydrogens (tertiary/aromatic N) is 1. The van der Waals surface area contributed by atoms with Crippen LogP contribution in [0.5, 0.6) is 0 Å². The summed E-state index contributed by atoms with van der Waals surface area (Å²) in [7, 11) is 0. The van der Waals surface area contributed by atoms with Crippen molar-refractivity contribution in [3.63, 3.8) is 0 Å². The van der Waals surface area contributed by atoms with Crippen LogP contribution in [0.25, 0.3) is 0 Å². The van der Waals surface area contributed by atoms with Crippen molar-refractivity contribution in [3.8, 4) is 0 Å². The van der Waals surface area contributed by atoms with Gasteiger partial charge in [0.15, 0.2) is 0 Å². The van der Waals surface area contributed by atoms with Crippen LogP contribution in [0, 0.1) is 5.92 Å². The molecular formula is C17H23NO3S. The van der Waals surface area contributed by atoms with Gasteiger partial charge in [0.2, 0.25) is 0 Å². The lowest BCUT2D eigenvalue weighted by Crippen LogP contribution is -2.42. The normalized spacial score (nSPS) is 18.2. The molecule has 4 nitrogen and oxygen atoms in total. The number of amides is 1. The van der Waals surface area contributed by atoms with E-state index in [1.54, 1.807) is 16.7 Å². The summed E-state index contributed by atoms with van der Waals surface area (Å²) in [4.78, 5) is 26.6. The molecule has 1 aromatic carbocycles. The van der Waals surface area contributed by atoms with Crippen molar-refractivity contribution in [1.29, 1.82) is 0 Å². The van der Waals surface area contributed by atoms with Gasteiger partial charge in [-0.3, -0.25) is 9.59 Å². The first-order valence-corrected chi connectivity index (χ1v) is 8.86. The number of piperidine rings is 1. The highest BCUT2D eigenvalue weighted by atomic mass is 32.2. The number of carboxylic acid groups (broad SMARTS) is 1. The number of hydrogen-bond donors (Lipinski definition) is 1. The quantitative estimate of drug-likeness (QED) is 0.643. The second-order valence-corrected chi connectivity index (χ2v) is 6.76. The molecule has 1 aliphatic rings. The lowest BCUT2D eigenvalue weighted by molar-refractivity contribution is -0.143. The Morgan fingerprint density at radius 1 is 1.36 bits per heavy atom. The number of carboxylic acids is 1. The van der Waals surface area contributed by atoms with Crippen LogP contribution in [-0.4, -0.2) is 40.7 Å². The summed E-state index contributed by atoms with van der Waals surface area (Å²) in [5, 5.41) is 9.16. The zero-order valence-electron chi connectivity index (χ0n) is 13.0. The summed E-state index contributed by atoms with van der Waals surface area (Å²) in [6, 6.07) is 7.64. The molecule has 0 aromatic heterocycles. The lowest BCUT2D eigenvalue weighted by atomic mass is 9.97. The third kappa shape index (κ3) is 4.26. The maximum Gasteiger partial charge on any atom is 0.308 e. The molecule has 1 aromatic rings. The van der Waals surface area contributed by atoms with Gasteiger partial charge < -0.3 is 10.0 Å². The number of aliphatic carboxylic acids is 1. The molecule has 5 heteroatoms. The van der Waals surface area contributed by atoms with Gasteiger partial charge in [-0.25, -0.2) is 0 Å². The van der Waals surface area contributed by atoms with Crippen LogP contribution in [0.4, 0.5) is 0 Å². The second-order valence-electron chi connectivity index (χ2n) is 5.63. The summed E-state index contributed by atoms with van der Waals surface area (Å²) < 4.78 is 0. The number of benzene rings is 1. The van der Waals surface area contributed by atoms with E-state index in [-0.39, 0.29) is 5.91 Å². The summed E-state index contributed by atoms with van der Waals surface area (Å²) >= 11 is 1.71. The van der Waals surface area contributed by atoms with Gasteiger partial charge in [0.25, 0.3) is 5.91 Å². The molecule has 0 spiro atoms. The second kappa shape index (κ2) is 8.22. The van der Waals surface area contributed by atoms with Crippen LogP contribution >= 0.6 is 11.8 Å². The highest BCUT2D eigenvalue weighted by molar-refractivity contribution is 7.99. The minimum Gasteiger partial charge on any atom is -0.481 e. The molecule has 1 amide bonds. The number of thioether (sulfide) groups is 1. The van der Waals surface area contributed by atoms with Crippen molar-refractivity contribution in [1.82, 2.24) is 4.90 Å². The molecule has 2 rings (SSSR count). The van der Waals surface area contributed by atoms with Gasteiger partial charge in [-0.05, 0) is 37.1 Å². The zero-order valence-corrected chi connectivity index (χ0v) is 13.8. The summed E-state index contributed by atoms with van der Waals surface area (Å²) in [5.74, 6) is -0.273. The number of carbonyl (C=O) groups excluding carboxylic acids is 1. The largest absolute Gasteiger partial charge is 0.481 e. The maximum absolute atomic E-state index is 12.7. The van der Waals surface area contributed by atoms with Gasteiger partial charge in [-0.2, -0.15) is 0 Å². The molecule has 0 saturated carbocycles. The molecule has 120 valence electrons. The first kappa shape index (κ1) is 16.9. The van der Waals surface area contributed by atoms with E-state index in [9.17, 15) is 9.59 Å². The summed E-state index contributed by atoms with van der Waals surface area (Å²) in [6.45, 7) is 3.12. The molecular weight excluding hydrogens is 298 g/mol. The van der Waals surface area contributed by atoms with E-state index in [0.29, 0.717) is 25.1 Å². The molecule has 0 aliphatic carbocycles. The molecule has 1 saturated heterocycles. The lowest BCUT2D eigenvalue weighted by Gasteiger charge is -2.31. The van der Waals surface area contributed by atoms with E-state index in [1.165, 1.54) is 0 Å². The van der Waals surface area contributed by atoms with Gasteiger partial charge in [-0.1, -0.05) is 25.5 Å². The zero-order chi connectivity index (χ0) is 15.9. The number of unbranched alkanes of at least 4 members (excludes halogenated alkanes) is 1. The molecule has 1 N–H and O–H groups in total. The van der Waals surface area contributed by atoms with Crippen LogP contribution in [0.1, 0.15) is 43.0 Å². The predicted molar refractivity (Wildman–Crippen MR) is 88.3 cm³/mol. The van der Waals surface area contributed by atoms with E-state index < -0.39 is 11.9 Å². The molecule has 1 unspecified atom stereocenters. The number of rotatable bonds is 6. The standard InChI is InChI=1S/C17H23NO3S/c1-2-3-11-22-15-9-5-4-8-14(15)16(19)18-10-6-7-13(12-18)17(20)21/h4-5,8-9,13H,2-3,6-7,10-12H2,1H3,(H,20,21). The molecule has 1 aliphatic heterocycles. The van der Waals surface area contributed by atoms with Crippen molar-refractivity contribution in [2.75, 3.05) is 18.8 Å². The van der Waals surface area contributed by atoms with E-state index in [2.05, 4.69) is 6.92 Å². The number of hydrogen-bond acceptors (Lipinski definition) is 3. The Hall–Kier alpha value is -1.49. The van der Waals surface area contributed by atoms with Crippen LogP contribution in [0.2, 0.25) is 0 Å². The Kier molecular flexibility index (Phi) is 6.31. The van der Waals surface area contributed by atoms with Gasteiger partial charge in [0.05, 0.1) is 11.5 Å². The Bertz CT molecular complexity index is 532. The third-order valence-corrected chi connectivity index (χ3v) is 5.09. The molecule has 1 fully saturated rings. The number of likely N-dealkylation sites (tertiary alicyclic amines) is 1. The first-order chi connectivity index (χ1) is 10.6. The van der Waals surface area contributed by atoms with Gasteiger partial charge in [0, 0.05) is 18.0 Å². The monoisotopic (exact) mass is 321 g/mol. The van der Waals surface area contributed by atoms with Crippen molar-refractivity contribution < 1.29 is 14.7 Å². The van der Waals surface area contributed by atoms with Crippen LogP contribution in [0.3, 0.4) is 0 Å². The van der Waals surface area contributed by atoms with Crippen LogP contribution in [-0.2, 0) is 4.79 Å². The van der Waals surface area contributed by atoms with Gasteiger partial charge in [-0.15, -0.1) is 11.8 Å². The Balaban J connectivity index is 2.10. The van der Waals surface area contributed by atoms with Crippen LogP contribution < -0.4 is 0 Å². The minimum atomic E-state index is -0.803. The fraction of sp³-hybridized carbons (Fsp3) is 0.529. The van der Waals surface area contributed by atoms with E-state index >= 15 is 0 Å². The SMILES string of the molecule is CCCCSc1ccccc1C(=O)N1CCCC(C(=O)O)C1. The topological polar surface area (TPSA) is 57.6 Å². The molecule has 0 radical (unpaired) electrons. The smallest absolute Gasteiger partial charge is 0.308 e. The summed E-state index contributed by atoms with van der Waals surface area (Å²) in [6.07, 6.45) is 3.67. The highest BCUT2D eigenvalue weighted by Crippen LogP contribution is 2.26. The van der Waals surface area contributed by atoms with Crippen molar-refractivity contribution in [3.05, 3.63) is 29.8 Å². The van der Waals surface area contributed by atoms with Gasteiger partial charge in [0.1, 0.15) is 0 Å².